The van der Waals surface area contributed by atoms with E-state index in [0.717, 1.165) is 0 Å². The maximum Gasteiger partial charge on any atom is 0.355 e. The van der Waals surface area contributed by atoms with Crippen molar-refractivity contribution in [3.8, 4) is 0 Å². The Morgan fingerprint density at radius 1 is 1.43 bits per heavy atom. The molecule has 1 heterocycles. The molecule has 0 aliphatic heterocycles. The van der Waals surface area contributed by atoms with Gasteiger partial charge in [-0.2, -0.15) is 4.98 Å². The fourth-order valence-corrected chi connectivity index (χ4v) is 2.47. The van der Waals surface area contributed by atoms with Crippen molar-refractivity contribution in [3.63, 3.8) is 0 Å². The Morgan fingerprint density at radius 2 is 2.09 bits per heavy atom. The van der Waals surface area contributed by atoms with Crippen LogP contribution in [0.4, 0.5) is 5.82 Å². The second-order valence-corrected chi connectivity index (χ2v) is 6.94. The normalized spacial score (nSPS) is 12.9. The number of nitrogens with zero attached hydrogens (tertiary/aromatic N) is 2. The lowest BCUT2D eigenvalue weighted by atomic mass is 10.3. The topological polar surface area (TPSA) is 109 Å². The molecule has 0 aliphatic rings. The minimum absolute atomic E-state index is 0.191. The van der Waals surface area contributed by atoms with Gasteiger partial charge in [0, 0.05) is 27.3 Å². The molecule has 1 aromatic heterocycles. The van der Waals surface area contributed by atoms with Gasteiger partial charge >= 0.3 is 13.3 Å². The summed E-state index contributed by atoms with van der Waals surface area (Å²) in [6.45, 7) is 3.44. The monoisotopic (exact) mass is 347 g/mol. The molecule has 0 spiro atoms. The fraction of sp³-hybridized carbons (Fsp3) is 0.615. The molecule has 1 unspecified atom stereocenters. The Balaban J connectivity index is 2.74. The van der Waals surface area contributed by atoms with Crippen molar-refractivity contribution >= 4 is 19.3 Å². The predicted molar refractivity (Wildman–Crippen MR) is 84.5 cm³/mol. The van der Waals surface area contributed by atoms with Gasteiger partial charge in [0.1, 0.15) is 12.2 Å². The van der Waals surface area contributed by atoms with Crippen LogP contribution in [-0.4, -0.2) is 42.1 Å². The Morgan fingerprint density at radius 3 is 2.57 bits per heavy atom. The molecule has 0 saturated heterocycles. The van der Waals surface area contributed by atoms with Gasteiger partial charge in [-0.1, -0.05) is 6.92 Å². The zero-order chi connectivity index (χ0) is 17.5. The van der Waals surface area contributed by atoms with E-state index in [0.29, 0.717) is 6.42 Å². The number of aromatic nitrogens is 2. The first-order valence-corrected chi connectivity index (χ1v) is 8.73. The fourth-order valence-electron chi connectivity index (χ4n) is 1.71. The number of carbonyl (C=O) groups is 1. The first-order valence-electron chi connectivity index (χ1n) is 7.00. The maximum absolute atomic E-state index is 11.9. The molecule has 1 atom stereocenters. The minimum Gasteiger partial charge on any atom is -0.364 e. The molecule has 10 heteroatoms. The highest BCUT2D eigenvalue weighted by atomic mass is 31.2. The molecule has 0 radical (unpaired) electrons. The van der Waals surface area contributed by atoms with Crippen LogP contribution in [0.25, 0.3) is 0 Å². The summed E-state index contributed by atoms with van der Waals surface area (Å²) in [5.74, 6) is -0.115. The van der Waals surface area contributed by atoms with Crippen molar-refractivity contribution in [2.45, 2.75) is 32.9 Å². The third kappa shape index (κ3) is 6.23. The van der Waals surface area contributed by atoms with Gasteiger partial charge in [0.05, 0.1) is 12.6 Å². The summed E-state index contributed by atoms with van der Waals surface area (Å²) >= 11 is 0. The number of hydrogen-bond acceptors (Lipinski definition) is 7. The lowest BCUT2D eigenvalue weighted by Crippen LogP contribution is -2.30. The van der Waals surface area contributed by atoms with Crippen molar-refractivity contribution in [1.29, 1.82) is 0 Å². The van der Waals surface area contributed by atoms with Crippen LogP contribution < -0.4 is 11.0 Å². The van der Waals surface area contributed by atoms with Gasteiger partial charge in [0.25, 0.3) is 0 Å². The van der Waals surface area contributed by atoms with Crippen LogP contribution in [0, 0.1) is 0 Å². The van der Waals surface area contributed by atoms with Crippen LogP contribution in [0.3, 0.4) is 0 Å². The van der Waals surface area contributed by atoms with Gasteiger partial charge in [-0.15, -0.1) is 0 Å². The van der Waals surface area contributed by atoms with E-state index in [4.69, 9.17) is 13.8 Å². The number of carbonyl (C=O) groups excluding carboxylic acids is 1. The van der Waals surface area contributed by atoms with Crippen molar-refractivity contribution in [3.05, 3.63) is 22.7 Å². The Labute approximate surface area is 134 Å². The summed E-state index contributed by atoms with van der Waals surface area (Å²) in [4.78, 5) is 26.6. The summed E-state index contributed by atoms with van der Waals surface area (Å²) in [5, 5.41) is 2.44. The Kier molecular flexibility index (Phi) is 7.57. The number of ether oxygens (including phenoxy) is 1. The van der Waals surface area contributed by atoms with Gasteiger partial charge in [0.15, 0.2) is 0 Å². The van der Waals surface area contributed by atoms with E-state index >= 15 is 0 Å². The lowest BCUT2D eigenvalue weighted by molar-refractivity contribution is -0.114. The number of rotatable bonds is 9. The molecule has 0 saturated carbocycles. The highest BCUT2D eigenvalue weighted by Gasteiger charge is 2.23. The van der Waals surface area contributed by atoms with Crippen molar-refractivity contribution < 1.29 is 23.1 Å². The minimum atomic E-state index is -3.26. The summed E-state index contributed by atoms with van der Waals surface area (Å²) < 4.78 is 28.4. The van der Waals surface area contributed by atoms with Crippen LogP contribution in [0.2, 0.25) is 0 Å². The highest BCUT2D eigenvalue weighted by molar-refractivity contribution is 7.53. The van der Waals surface area contributed by atoms with Crippen LogP contribution in [-0.2, 0) is 29.7 Å². The average Bonchev–Trinajstić information content (AvgIpc) is 2.52. The van der Waals surface area contributed by atoms with Gasteiger partial charge in [-0.25, -0.2) is 4.79 Å². The second-order valence-electron chi connectivity index (χ2n) is 4.73. The number of anilines is 1. The number of amides is 1. The molecular formula is C13H22N3O6P. The maximum atomic E-state index is 11.9. The highest BCUT2D eigenvalue weighted by Crippen LogP contribution is 2.46. The van der Waals surface area contributed by atoms with E-state index in [9.17, 15) is 14.2 Å². The predicted octanol–water partition coefficient (Wildman–Crippen LogP) is 1.44. The molecule has 130 valence electrons. The molecular weight excluding hydrogens is 325 g/mol. The van der Waals surface area contributed by atoms with E-state index in [2.05, 4.69) is 10.3 Å². The van der Waals surface area contributed by atoms with Crippen LogP contribution in [0.1, 0.15) is 20.3 Å². The molecule has 1 rings (SSSR count). The average molecular weight is 347 g/mol. The smallest absolute Gasteiger partial charge is 0.355 e. The second kappa shape index (κ2) is 8.93. The molecule has 23 heavy (non-hydrogen) atoms. The zero-order valence-corrected chi connectivity index (χ0v) is 14.5. The van der Waals surface area contributed by atoms with Crippen molar-refractivity contribution in [2.24, 2.45) is 0 Å². The molecule has 1 amide bonds. The summed E-state index contributed by atoms with van der Waals surface area (Å²) in [6, 6.07) is 1.52. The molecule has 1 N–H and O–H groups in total. The number of nitrogens with one attached hydrogen (secondary N) is 1. The summed E-state index contributed by atoms with van der Waals surface area (Å²) in [5.41, 5.74) is -0.514. The molecule has 0 fully saturated rings. The quantitative estimate of drug-likeness (QED) is 0.673. The van der Waals surface area contributed by atoms with Crippen molar-refractivity contribution in [1.82, 2.24) is 9.55 Å². The largest absolute Gasteiger partial charge is 0.364 e. The Bertz CT molecular complexity index is 624. The van der Waals surface area contributed by atoms with Crippen LogP contribution in [0.5, 0.6) is 0 Å². The van der Waals surface area contributed by atoms with Gasteiger partial charge in [0.2, 0.25) is 5.91 Å². The molecule has 1 aromatic rings. The van der Waals surface area contributed by atoms with Crippen LogP contribution in [0.15, 0.2) is 17.1 Å². The van der Waals surface area contributed by atoms with E-state index in [1.165, 1.54) is 38.0 Å². The SMILES string of the molecule is CCC(Cn1ccc(NC(C)=O)nc1=O)OCP(=O)(OC)OC. The van der Waals surface area contributed by atoms with Gasteiger partial charge in [-0.05, 0) is 12.5 Å². The standard InChI is InChI=1S/C13H22N3O6P/c1-5-11(22-9-23(19,20-3)21-4)8-16-7-6-12(14-10(2)17)15-13(16)18/h6-7,11H,5,8-9H2,1-4H3,(H,14,15,17,18). The van der Waals surface area contributed by atoms with E-state index < -0.39 is 13.3 Å². The zero-order valence-electron chi connectivity index (χ0n) is 13.6. The molecule has 0 aliphatic carbocycles. The van der Waals surface area contributed by atoms with Gasteiger partial charge < -0.3 is 19.1 Å². The molecule has 0 aromatic carbocycles. The summed E-state index contributed by atoms with van der Waals surface area (Å²) in [6.07, 6.45) is 1.54. The first-order chi connectivity index (χ1) is 10.8. The van der Waals surface area contributed by atoms with E-state index in [-0.39, 0.29) is 30.7 Å². The van der Waals surface area contributed by atoms with Gasteiger partial charge in [-0.3, -0.25) is 13.9 Å². The summed E-state index contributed by atoms with van der Waals surface area (Å²) in [7, 11) is -0.698. The first kappa shape index (κ1) is 19.5. The lowest BCUT2D eigenvalue weighted by Gasteiger charge is -2.20. The Hall–Kier alpha value is -1.54. The van der Waals surface area contributed by atoms with E-state index in [1.807, 2.05) is 6.92 Å². The number of hydrogen-bond donors (Lipinski definition) is 1. The third-order valence-electron chi connectivity index (χ3n) is 3.06. The molecule has 0 bridgehead atoms. The van der Waals surface area contributed by atoms with E-state index in [1.54, 1.807) is 0 Å². The van der Waals surface area contributed by atoms with Crippen molar-refractivity contribution in [2.75, 3.05) is 25.9 Å². The van der Waals surface area contributed by atoms with Crippen LogP contribution >= 0.6 is 7.60 Å². The molecule has 9 nitrogen and oxygen atoms in total. The third-order valence-corrected chi connectivity index (χ3v) is 4.64.